The van der Waals surface area contributed by atoms with Crippen LogP contribution in [0.5, 0.6) is 0 Å². The molecule has 6 nitrogen and oxygen atoms in total. The van der Waals surface area contributed by atoms with Crippen molar-refractivity contribution in [3.8, 4) is 0 Å². The summed E-state index contributed by atoms with van der Waals surface area (Å²) in [6, 6.07) is 0. The third-order valence-electron chi connectivity index (χ3n) is 3.02. The molecule has 0 bridgehead atoms. The largest absolute Gasteiger partial charge is 0.368 e. The molecule has 1 aromatic heterocycles. The smallest absolute Gasteiger partial charge is 0.224 e. The van der Waals surface area contributed by atoms with Gasteiger partial charge in [-0.15, -0.1) is 0 Å². The van der Waals surface area contributed by atoms with Crippen LogP contribution in [0.3, 0.4) is 0 Å². The third-order valence-corrected chi connectivity index (χ3v) is 3.30. The molecule has 1 rings (SSSR count). The van der Waals surface area contributed by atoms with E-state index in [0.29, 0.717) is 29.8 Å². The van der Waals surface area contributed by atoms with Crippen LogP contribution in [0.4, 0.5) is 11.8 Å². The Hall–Kier alpha value is -1.56. The van der Waals surface area contributed by atoms with Crippen molar-refractivity contribution in [2.75, 3.05) is 36.8 Å². The number of carbonyl (C=O) groups excluding carboxylic acids is 1. The molecule has 1 aromatic rings. The maximum atomic E-state index is 11.9. The Bertz CT molecular complexity index is 451. The van der Waals surface area contributed by atoms with Crippen LogP contribution in [0, 0.1) is 0 Å². The SMILES string of the molecule is CCCNc1ncc(Cl)c(NCCC(=O)N(CC)CC)n1. The summed E-state index contributed by atoms with van der Waals surface area (Å²) >= 11 is 6.05. The first-order valence-corrected chi connectivity index (χ1v) is 7.78. The standard InChI is InChI=1S/C14H24ClN5O/c1-4-8-17-14-18-10-11(15)13(19-14)16-9-7-12(21)20(5-2)6-3/h10H,4-9H2,1-3H3,(H2,16,17,18,19). The summed E-state index contributed by atoms with van der Waals surface area (Å²) in [6.07, 6.45) is 2.97. The summed E-state index contributed by atoms with van der Waals surface area (Å²) in [5.41, 5.74) is 0. The number of amides is 1. The zero-order valence-electron chi connectivity index (χ0n) is 12.9. The van der Waals surface area contributed by atoms with Gasteiger partial charge < -0.3 is 15.5 Å². The van der Waals surface area contributed by atoms with Crippen LogP contribution in [0.15, 0.2) is 6.20 Å². The Morgan fingerprint density at radius 3 is 2.57 bits per heavy atom. The second kappa shape index (κ2) is 9.39. The van der Waals surface area contributed by atoms with Crippen LogP contribution in [-0.4, -0.2) is 47.0 Å². The highest BCUT2D eigenvalue weighted by Crippen LogP contribution is 2.19. The fourth-order valence-electron chi connectivity index (χ4n) is 1.84. The molecule has 0 spiro atoms. The van der Waals surface area contributed by atoms with Gasteiger partial charge in [0.25, 0.3) is 0 Å². The molecular weight excluding hydrogens is 290 g/mol. The maximum absolute atomic E-state index is 11.9. The van der Waals surface area contributed by atoms with Crippen molar-refractivity contribution in [1.82, 2.24) is 14.9 Å². The van der Waals surface area contributed by atoms with Gasteiger partial charge in [0.1, 0.15) is 10.8 Å². The molecule has 7 heteroatoms. The molecule has 0 aliphatic rings. The first-order valence-electron chi connectivity index (χ1n) is 7.40. The second-order valence-corrected chi connectivity index (χ2v) is 4.97. The summed E-state index contributed by atoms with van der Waals surface area (Å²) < 4.78 is 0. The van der Waals surface area contributed by atoms with Gasteiger partial charge in [0, 0.05) is 32.6 Å². The van der Waals surface area contributed by atoms with E-state index in [0.717, 1.165) is 26.1 Å². The first-order chi connectivity index (χ1) is 10.1. The van der Waals surface area contributed by atoms with Crippen LogP contribution < -0.4 is 10.6 Å². The predicted molar refractivity (Wildman–Crippen MR) is 86.9 cm³/mol. The van der Waals surface area contributed by atoms with Gasteiger partial charge in [0.05, 0.1) is 6.20 Å². The Balaban J connectivity index is 2.52. The van der Waals surface area contributed by atoms with E-state index in [1.54, 1.807) is 11.1 Å². The molecule has 1 heterocycles. The van der Waals surface area contributed by atoms with E-state index in [2.05, 4.69) is 27.5 Å². The Morgan fingerprint density at radius 2 is 1.95 bits per heavy atom. The molecule has 0 atom stereocenters. The molecule has 118 valence electrons. The normalized spacial score (nSPS) is 10.3. The Morgan fingerprint density at radius 1 is 1.24 bits per heavy atom. The average molecular weight is 314 g/mol. The van der Waals surface area contributed by atoms with E-state index in [9.17, 15) is 4.79 Å². The highest BCUT2D eigenvalue weighted by Gasteiger charge is 2.10. The molecule has 21 heavy (non-hydrogen) atoms. The molecule has 0 saturated heterocycles. The van der Waals surface area contributed by atoms with Gasteiger partial charge in [0.15, 0.2) is 0 Å². The topological polar surface area (TPSA) is 70.2 Å². The fourth-order valence-corrected chi connectivity index (χ4v) is 1.99. The Kier molecular flexibility index (Phi) is 7.82. The van der Waals surface area contributed by atoms with Gasteiger partial charge in [0.2, 0.25) is 11.9 Å². The van der Waals surface area contributed by atoms with Gasteiger partial charge in [-0.3, -0.25) is 4.79 Å². The maximum Gasteiger partial charge on any atom is 0.224 e. The summed E-state index contributed by atoms with van der Waals surface area (Å²) in [6.45, 7) is 8.79. The molecule has 0 aromatic carbocycles. The minimum absolute atomic E-state index is 0.127. The lowest BCUT2D eigenvalue weighted by molar-refractivity contribution is -0.130. The summed E-state index contributed by atoms with van der Waals surface area (Å²) in [4.78, 5) is 22.1. The average Bonchev–Trinajstić information content (AvgIpc) is 2.49. The number of anilines is 2. The van der Waals surface area contributed by atoms with E-state index in [4.69, 9.17) is 11.6 Å². The van der Waals surface area contributed by atoms with Crippen LogP contribution >= 0.6 is 11.6 Å². The van der Waals surface area contributed by atoms with Gasteiger partial charge in [-0.25, -0.2) is 4.98 Å². The molecule has 0 radical (unpaired) electrons. The molecule has 2 N–H and O–H groups in total. The van der Waals surface area contributed by atoms with Crippen LogP contribution in [-0.2, 0) is 4.79 Å². The summed E-state index contributed by atoms with van der Waals surface area (Å²) in [7, 11) is 0. The van der Waals surface area contributed by atoms with Crippen molar-refractivity contribution in [1.29, 1.82) is 0 Å². The van der Waals surface area contributed by atoms with Crippen molar-refractivity contribution in [3.05, 3.63) is 11.2 Å². The zero-order chi connectivity index (χ0) is 15.7. The lowest BCUT2D eigenvalue weighted by Gasteiger charge is -2.18. The monoisotopic (exact) mass is 313 g/mol. The number of halogens is 1. The third kappa shape index (κ3) is 5.75. The van der Waals surface area contributed by atoms with E-state index in [1.165, 1.54) is 0 Å². The van der Waals surface area contributed by atoms with Crippen molar-refractivity contribution < 1.29 is 4.79 Å². The minimum atomic E-state index is 0.127. The summed E-state index contributed by atoms with van der Waals surface area (Å²) in [5.74, 6) is 1.22. The molecule has 0 aliphatic heterocycles. The number of rotatable bonds is 9. The number of hydrogen-bond acceptors (Lipinski definition) is 5. The van der Waals surface area contributed by atoms with Gasteiger partial charge in [-0.1, -0.05) is 18.5 Å². The van der Waals surface area contributed by atoms with Gasteiger partial charge >= 0.3 is 0 Å². The highest BCUT2D eigenvalue weighted by molar-refractivity contribution is 6.32. The zero-order valence-corrected chi connectivity index (χ0v) is 13.7. The summed E-state index contributed by atoms with van der Waals surface area (Å²) in [5, 5.41) is 6.65. The highest BCUT2D eigenvalue weighted by atomic mass is 35.5. The molecule has 0 aliphatic carbocycles. The first kappa shape index (κ1) is 17.5. The predicted octanol–water partition coefficient (Wildman–Crippen LogP) is 2.62. The Labute approximate surface area is 131 Å². The number of hydrogen-bond donors (Lipinski definition) is 2. The van der Waals surface area contributed by atoms with Crippen molar-refractivity contribution >= 4 is 29.3 Å². The lowest BCUT2D eigenvalue weighted by atomic mass is 10.3. The quantitative estimate of drug-likeness (QED) is 0.733. The van der Waals surface area contributed by atoms with Crippen LogP contribution in [0.2, 0.25) is 5.02 Å². The van der Waals surface area contributed by atoms with Gasteiger partial charge in [-0.2, -0.15) is 4.98 Å². The van der Waals surface area contributed by atoms with Crippen molar-refractivity contribution in [2.45, 2.75) is 33.6 Å². The molecule has 0 fully saturated rings. The molecule has 1 amide bonds. The molecule has 0 saturated carbocycles. The van der Waals surface area contributed by atoms with Crippen LogP contribution in [0.25, 0.3) is 0 Å². The fraction of sp³-hybridized carbons (Fsp3) is 0.643. The minimum Gasteiger partial charge on any atom is -0.368 e. The lowest BCUT2D eigenvalue weighted by Crippen LogP contribution is -2.31. The number of carbonyl (C=O) groups is 1. The van der Waals surface area contributed by atoms with E-state index in [1.807, 2.05) is 13.8 Å². The molecule has 0 unspecified atom stereocenters. The van der Waals surface area contributed by atoms with E-state index in [-0.39, 0.29) is 5.91 Å². The van der Waals surface area contributed by atoms with E-state index >= 15 is 0 Å². The van der Waals surface area contributed by atoms with Crippen LogP contribution in [0.1, 0.15) is 33.6 Å². The number of nitrogens with zero attached hydrogens (tertiary/aromatic N) is 3. The molecular formula is C14H24ClN5O. The second-order valence-electron chi connectivity index (χ2n) is 4.56. The van der Waals surface area contributed by atoms with E-state index < -0.39 is 0 Å². The number of aromatic nitrogens is 2. The van der Waals surface area contributed by atoms with Gasteiger partial charge in [-0.05, 0) is 20.3 Å². The number of nitrogens with one attached hydrogen (secondary N) is 2. The van der Waals surface area contributed by atoms with Crippen molar-refractivity contribution in [3.63, 3.8) is 0 Å². The van der Waals surface area contributed by atoms with Crippen molar-refractivity contribution in [2.24, 2.45) is 0 Å².